The molecule has 6 heteroatoms. The molecule has 0 aromatic rings. The summed E-state index contributed by atoms with van der Waals surface area (Å²) in [4.78, 5) is 1.68. The van der Waals surface area contributed by atoms with E-state index >= 15 is 0 Å². The van der Waals surface area contributed by atoms with Crippen LogP contribution in [0.3, 0.4) is 0 Å². The van der Waals surface area contributed by atoms with E-state index in [-0.39, 0.29) is 11.1 Å². The van der Waals surface area contributed by atoms with Gasteiger partial charge in [0, 0.05) is 11.1 Å². The first-order valence-corrected chi connectivity index (χ1v) is 7.44. The van der Waals surface area contributed by atoms with Gasteiger partial charge in [-0.05, 0) is 20.8 Å². The minimum Gasteiger partial charge on any atom is -0.748 e. The molecule has 0 aliphatic rings. The number of hydrogen-bond donors (Lipinski definition) is 1. The lowest BCUT2D eigenvalue weighted by Crippen LogP contribution is -3.11. The summed E-state index contributed by atoms with van der Waals surface area (Å²) in [5.41, 5.74) is 0. The fourth-order valence-corrected chi connectivity index (χ4v) is 2.22. The summed E-state index contributed by atoms with van der Waals surface area (Å²) in [7, 11) is -3.97. The highest BCUT2D eigenvalue weighted by molar-refractivity contribution is 9.09. The fraction of sp³-hybridized carbons (Fsp3) is 1.00. The van der Waals surface area contributed by atoms with Crippen LogP contribution in [-0.2, 0) is 10.1 Å². The monoisotopic (exact) mass is 289 g/mol. The minimum absolute atomic E-state index is 0.221. The summed E-state index contributed by atoms with van der Waals surface area (Å²) in [5.74, 6) is -0.326. The van der Waals surface area contributed by atoms with E-state index in [9.17, 15) is 13.0 Å². The van der Waals surface area contributed by atoms with Gasteiger partial charge in [0.05, 0.1) is 29.8 Å². The molecule has 0 atom stereocenters. The summed E-state index contributed by atoms with van der Waals surface area (Å²) < 4.78 is 28.9. The quantitative estimate of drug-likeness (QED) is 0.566. The lowest BCUT2D eigenvalue weighted by Gasteiger charge is -2.10. The van der Waals surface area contributed by atoms with Crippen LogP contribution >= 0.6 is 15.9 Å². The molecule has 0 aromatic heterocycles. The fourth-order valence-electron chi connectivity index (χ4n) is 0.844. The molecule has 0 saturated carbocycles. The number of quaternary nitrogens is 1. The molecule has 0 amide bonds. The molecule has 0 unspecified atom stereocenters. The van der Waals surface area contributed by atoms with Crippen molar-refractivity contribution in [3.05, 3.63) is 0 Å². The van der Waals surface area contributed by atoms with E-state index in [2.05, 4.69) is 36.7 Å². The van der Waals surface area contributed by atoms with Gasteiger partial charge in [0.15, 0.2) is 0 Å². The van der Waals surface area contributed by atoms with Gasteiger partial charge in [-0.25, -0.2) is 8.42 Å². The number of nitrogens with one attached hydrogen (secondary N) is 1. The van der Waals surface area contributed by atoms with Gasteiger partial charge in [0.2, 0.25) is 0 Å². The van der Waals surface area contributed by atoms with Gasteiger partial charge in [0.25, 0.3) is 0 Å². The van der Waals surface area contributed by atoms with Crippen LogP contribution in [0.5, 0.6) is 0 Å². The zero-order valence-electron chi connectivity index (χ0n) is 9.05. The van der Waals surface area contributed by atoms with Gasteiger partial charge in [-0.1, -0.05) is 15.9 Å². The highest BCUT2D eigenvalue weighted by Crippen LogP contribution is 1.84. The van der Waals surface area contributed by atoms with Crippen LogP contribution in [0.4, 0.5) is 0 Å². The number of alkyl halides is 1. The highest BCUT2D eigenvalue weighted by atomic mass is 79.9. The molecular weight excluding hydrogens is 270 g/mol. The van der Waals surface area contributed by atoms with Gasteiger partial charge in [-0.3, -0.25) is 0 Å². The Kier molecular flexibility index (Phi) is 11.8. The second-order valence-corrected chi connectivity index (χ2v) is 5.08. The highest BCUT2D eigenvalue weighted by Gasteiger charge is 1.92. The Morgan fingerprint density at radius 2 is 1.50 bits per heavy atom. The first kappa shape index (κ1) is 16.8. The Hall–Kier alpha value is 0.350. The van der Waals surface area contributed by atoms with Crippen molar-refractivity contribution in [2.75, 3.05) is 30.7 Å². The third kappa shape index (κ3) is 14.9. The van der Waals surface area contributed by atoms with Crippen molar-refractivity contribution in [2.24, 2.45) is 0 Å². The van der Waals surface area contributed by atoms with Crippen LogP contribution in [0.2, 0.25) is 0 Å². The molecule has 0 aliphatic carbocycles. The zero-order chi connectivity index (χ0) is 11.6. The van der Waals surface area contributed by atoms with Crippen molar-refractivity contribution >= 4 is 26.0 Å². The Bertz CT molecular complexity index is 197. The Morgan fingerprint density at radius 1 is 1.14 bits per heavy atom. The predicted octanol–water partition coefficient (Wildman–Crippen LogP) is -0.142. The molecular formula is C8H20BrNO3S. The van der Waals surface area contributed by atoms with Gasteiger partial charge >= 0.3 is 0 Å². The standard InChI is InChI=1S/C6H15N.C2H5BrO3S/c1-4-7(5-2)6-3;3-1-2-7(4,5)6/h4-6H2,1-3H3;1-2H2,(H,4,5,6). The topological polar surface area (TPSA) is 61.6 Å². The predicted molar refractivity (Wildman–Crippen MR) is 60.9 cm³/mol. The van der Waals surface area contributed by atoms with Crippen LogP contribution in [-0.4, -0.2) is 43.7 Å². The molecule has 0 radical (unpaired) electrons. The van der Waals surface area contributed by atoms with Gasteiger partial charge < -0.3 is 9.45 Å². The summed E-state index contributed by atoms with van der Waals surface area (Å²) in [6.45, 7) is 10.5. The maximum atomic E-state index is 9.65. The third-order valence-electron chi connectivity index (χ3n) is 1.83. The Morgan fingerprint density at radius 3 is 1.50 bits per heavy atom. The smallest absolute Gasteiger partial charge is 0.0954 e. The molecule has 0 heterocycles. The van der Waals surface area contributed by atoms with E-state index in [1.165, 1.54) is 19.6 Å². The van der Waals surface area contributed by atoms with E-state index in [0.717, 1.165) is 0 Å². The molecule has 0 rings (SSSR count). The Balaban J connectivity index is 0. The van der Waals surface area contributed by atoms with Crippen molar-refractivity contribution in [3.63, 3.8) is 0 Å². The molecule has 14 heavy (non-hydrogen) atoms. The summed E-state index contributed by atoms with van der Waals surface area (Å²) in [6.07, 6.45) is 0. The lowest BCUT2D eigenvalue weighted by molar-refractivity contribution is -0.894. The number of rotatable bonds is 5. The largest absolute Gasteiger partial charge is 0.748 e. The Labute approximate surface area is 95.6 Å². The van der Waals surface area contributed by atoms with E-state index < -0.39 is 10.1 Å². The second kappa shape index (κ2) is 9.89. The average Bonchev–Trinajstić information content (AvgIpc) is 2.06. The minimum atomic E-state index is -3.97. The van der Waals surface area contributed by atoms with E-state index in [1.54, 1.807) is 4.90 Å². The average molecular weight is 290 g/mol. The number of hydrogen-bond acceptors (Lipinski definition) is 3. The molecule has 0 aromatic carbocycles. The molecule has 0 bridgehead atoms. The van der Waals surface area contributed by atoms with Crippen molar-refractivity contribution < 1.29 is 17.9 Å². The van der Waals surface area contributed by atoms with E-state index in [0.29, 0.717) is 0 Å². The maximum Gasteiger partial charge on any atom is 0.0954 e. The molecule has 1 N–H and O–H groups in total. The van der Waals surface area contributed by atoms with Gasteiger partial charge in [0.1, 0.15) is 0 Å². The summed E-state index contributed by atoms with van der Waals surface area (Å²) in [5, 5.41) is 0.221. The summed E-state index contributed by atoms with van der Waals surface area (Å²) >= 11 is 2.81. The lowest BCUT2D eigenvalue weighted by atomic mass is 10.5. The molecule has 0 fully saturated rings. The molecule has 0 saturated heterocycles. The molecule has 0 spiro atoms. The second-order valence-electron chi connectivity index (χ2n) is 2.76. The van der Waals surface area contributed by atoms with Crippen molar-refractivity contribution in [1.82, 2.24) is 0 Å². The van der Waals surface area contributed by atoms with Gasteiger partial charge in [-0.15, -0.1) is 0 Å². The van der Waals surface area contributed by atoms with Gasteiger partial charge in [-0.2, -0.15) is 0 Å². The SMILES string of the molecule is CC[NH+](CC)CC.O=S(=O)([O-])CCBr. The van der Waals surface area contributed by atoms with E-state index in [1.807, 2.05) is 0 Å². The molecule has 88 valence electrons. The molecule has 4 nitrogen and oxygen atoms in total. The van der Waals surface area contributed by atoms with Crippen LogP contribution < -0.4 is 4.90 Å². The maximum absolute atomic E-state index is 9.65. The zero-order valence-corrected chi connectivity index (χ0v) is 11.4. The molecule has 0 aliphatic heterocycles. The van der Waals surface area contributed by atoms with Crippen LogP contribution in [0, 0.1) is 0 Å². The van der Waals surface area contributed by atoms with Crippen LogP contribution in [0.15, 0.2) is 0 Å². The van der Waals surface area contributed by atoms with Crippen LogP contribution in [0.25, 0.3) is 0 Å². The first-order valence-electron chi connectivity index (χ1n) is 4.74. The first-order chi connectivity index (χ1) is 6.41. The van der Waals surface area contributed by atoms with Crippen molar-refractivity contribution in [2.45, 2.75) is 20.8 Å². The van der Waals surface area contributed by atoms with Crippen molar-refractivity contribution in [1.29, 1.82) is 0 Å². The third-order valence-corrected chi connectivity index (χ3v) is 3.45. The summed E-state index contributed by atoms with van der Waals surface area (Å²) in [6, 6.07) is 0. The van der Waals surface area contributed by atoms with Crippen molar-refractivity contribution in [3.8, 4) is 0 Å². The van der Waals surface area contributed by atoms with E-state index in [4.69, 9.17) is 0 Å². The normalized spacial score (nSPS) is 11.0. The number of halogens is 1. The van der Waals surface area contributed by atoms with Crippen LogP contribution in [0.1, 0.15) is 20.8 Å².